The molecule has 0 aliphatic carbocycles. The minimum Gasteiger partial charge on any atom is -0.468 e. The van der Waals surface area contributed by atoms with E-state index in [-0.39, 0.29) is 0 Å². The molecule has 4 heteroatoms. The van der Waals surface area contributed by atoms with Gasteiger partial charge in [0.1, 0.15) is 0 Å². The SMILES string of the molecule is CC1=C(Cl)O[C@@](C)(C(=O)Cl)CC1. The van der Waals surface area contributed by atoms with Crippen molar-refractivity contribution in [3.8, 4) is 0 Å². The van der Waals surface area contributed by atoms with E-state index >= 15 is 0 Å². The number of carbonyl (C=O) groups is 1. The summed E-state index contributed by atoms with van der Waals surface area (Å²) >= 11 is 11.1. The van der Waals surface area contributed by atoms with Crippen LogP contribution in [0, 0.1) is 0 Å². The van der Waals surface area contributed by atoms with Gasteiger partial charge in [0, 0.05) is 0 Å². The Hall–Kier alpha value is -0.210. The molecular weight excluding hydrogens is 199 g/mol. The molecule has 0 N–H and O–H groups in total. The number of hydrogen-bond donors (Lipinski definition) is 0. The summed E-state index contributed by atoms with van der Waals surface area (Å²) in [6, 6.07) is 0. The molecule has 0 saturated heterocycles. The first-order chi connectivity index (χ1) is 5.46. The van der Waals surface area contributed by atoms with E-state index in [1.807, 2.05) is 6.92 Å². The van der Waals surface area contributed by atoms with E-state index < -0.39 is 10.8 Å². The van der Waals surface area contributed by atoms with Crippen LogP contribution in [0.5, 0.6) is 0 Å². The van der Waals surface area contributed by atoms with Crippen LogP contribution in [0.4, 0.5) is 0 Å². The van der Waals surface area contributed by atoms with Crippen LogP contribution in [0.25, 0.3) is 0 Å². The van der Waals surface area contributed by atoms with Crippen molar-refractivity contribution in [2.24, 2.45) is 0 Å². The Bertz CT molecular complexity index is 247. The second-order valence-electron chi connectivity index (χ2n) is 3.16. The van der Waals surface area contributed by atoms with Gasteiger partial charge in [-0.1, -0.05) is 0 Å². The molecule has 0 aromatic carbocycles. The predicted molar refractivity (Wildman–Crippen MR) is 48.1 cm³/mol. The van der Waals surface area contributed by atoms with Crippen LogP contribution in [0.3, 0.4) is 0 Å². The van der Waals surface area contributed by atoms with E-state index in [0.29, 0.717) is 11.6 Å². The van der Waals surface area contributed by atoms with Gasteiger partial charge in [0.05, 0.1) is 0 Å². The van der Waals surface area contributed by atoms with Gasteiger partial charge in [-0.2, -0.15) is 0 Å². The van der Waals surface area contributed by atoms with Crippen molar-refractivity contribution in [2.75, 3.05) is 0 Å². The molecule has 0 saturated carbocycles. The fourth-order valence-electron chi connectivity index (χ4n) is 0.999. The highest BCUT2D eigenvalue weighted by atomic mass is 35.5. The van der Waals surface area contributed by atoms with E-state index in [2.05, 4.69) is 0 Å². The molecule has 1 aliphatic heterocycles. The van der Waals surface area contributed by atoms with Crippen LogP contribution in [0.1, 0.15) is 26.7 Å². The molecule has 0 aromatic rings. The highest BCUT2D eigenvalue weighted by molar-refractivity contribution is 6.65. The summed E-state index contributed by atoms with van der Waals surface area (Å²) in [7, 11) is 0. The summed E-state index contributed by atoms with van der Waals surface area (Å²) in [6.07, 6.45) is 1.35. The van der Waals surface area contributed by atoms with Crippen LogP contribution in [0.2, 0.25) is 0 Å². The predicted octanol–water partition coefficient (Wildman–Crippen LogP) is 2.79. The second-order valence-corrected chi connectivity index (χ2v) is 3.85. The highest BCUT2D eigenvalue weighted by Crippen LogP contribution is 2.34. The third kappa shape index (κ3) is 1.75. The molecule has 0 bridgehead atoms. The van der Waals surface area contributed by atoms with Crippen molar-refractivity contribution in [2.45, 2.75) is 32.3 Å². The molecule has 68 valence electrons. The lowest BCUT2D eigenvalue weighted by Gasteiger charge is -2.31. The maximum absolute atomic E-state index is 10.9. The van der Waals surface area contributed by atoms with Gasteiger partial charge < -0.3 is 4.74 Å². The lowest BCUT2D eigenvalue weighted by Crippen LogP contribution is -2.37. The second kappa shape index (κ2) is 3.27. The smallest absolute Gasteiger partial charge is 0.265 e. The number of carbonyl (C=O) groups excluding carboxylic acids is 1. The highest BCUT2D eigenvalue weighted by Gasteiger charge is 2.37. The summed E-state index contributed by atoms with van der Waals surface area (Å²) in [5, 5.41) is -0.189. The molecule has 12 heavy (non-hydrogen) atoms. The average Bonchev–Trinajstić information content (AvgIpc) is 1.97. The Morgan fingerprint density at radius 2 is 2.25 bits per heavy atom. The summed E-state index contributed by atoms with van der Waals surface area (Å²) in [6.45, 7) is 3.53. The molecular formula is C8H10Cl2O2. The fourth-order valence-corrected chi connectivity index (χ4v) is 1.40. The van der Waals surface area contributed by atoms with Gasteiger partial charge in [-0.15, -0.1) is 0 Å². The van der Waals surface area contributed by atoms with Crippen LogP contribution in [-0.2, 0) is 9.53 Å². The third-order valence-corrected chi connectivity index (χ3v) is 2.84. The summed E-state index contributed by atoms with van der Waals surface area (Å²) in [5.74, 6) is 0. The van der Waals surface area contributed by atoms with E-state index in [9.17, 15) is 4.79 Å². The zero-order valence-corrected chi connectivity index (χ0v) is 8.50. The zero-order chi connectivity index (χ0) is 9.35. The van der Waals surface area contributed by atoms with Crippen molar-refractivity contribution in [3.63, 3.8) is 0 Å². The normalized spacial score (nSPS) is 30.0. The molecule has 1 atom stereocenters. The van der Waals surface area contributed by atoms with Gasteiger partial charge in [-0.25, -0.2) is 0 Å². The van der Waals surface area contributed by atoms with E-state index in [4.69, 9.17) is 27.9 Å². The Morgan fingerprint density at radius 3 is 2.67 bits per heavy atom. The Morgan fingerprint density at radius 1 is 1.67 bits per heavy atom. The summed E-state index contributed by atoms with van der Waals surface area (Å²) in [5.41, 5.74) is 0.0325. The van der Waals surface area contributed by atoms with Gasteiger partial charge in [0.15, 0.2) is 10.8 Å². The summed E-state index contributed by atoms with van der Waals surface area (Å²) in [4.78, 5) is 10.9. The van der Waals surface area contributed by atoms with Gasteiger partial charge >= 0.3 is 0 Å². The zero-order valence-electron chi connectivity index (χ0n) is 6.99. The van der Waals surface area contributed by atoms with Gasteiger partial charge in [0.25, 0.3) is 5.24 Å². The number of rotatable bonds is 1. The molecule has 0 amide bonds. The van der Waals surface area contributed by atoms with Gasteiger partial charge in [-0.05, 0) is 55.5 Å². The van der Waals surface area contributed by atoms with Crippen molar-refractivity contribution < 1.29 is 9.53 Å². The van der Waals surface area contributed by atoms with Crippen molar-refractivity contribution in [1.29, 1.82) is 0 Å². The van der Waals surface area contributed by atoms with Crippen molar-refractivity contribution in [3.05, 3.63) is 10.8 Å². The minimum absolute atomic E-state index is 0.303. The quantitative estimate of drug-likeness (QED) is 0.620. The van der Waals surface area contributed by atoms with E-state index in [1.165, 1.54) is 0 Å². The van der Waals surface area contributed by atoms with Crippen molar-refractivity contribution in [1.82, 2.24) is 0 Å². The Balaban J connectivity index is 2.84. The monoisotopic (exact) mass is 208 g/mol. The van der Waals surface area contributed by atoms with Crippen LogP contribution < -0.4 is 0 Å². The molecule has 1 heterocycles. The average molecular weight is 209 g/mol. The summed E-state index contributed by atoms with van der Waals surface area (Å²) < 4.78 is 5.21. The van der Waals surface area contributed by atoms with Crippen LogP contribution in [-0.4, -0.2) is 10.8 Å². The van der Waals surface area contributed by atoms with Crippen LogP contribution >= 0.6 is 23.2 Å². The van der Waals surface area contributed by atoms with E-state index in [1.54, 1.807) is 6.92 Å². The number of allylic oxidation sites excluding steroid dienone is 1. The fraction of sp³-hybridized carbons (Fsp3) is 0.625. The maximum Gasteiger partial charge on any atom is 0.265 e. The molecule has 0 aromatic heterocycles. The standard InChI is InChI=1S/C8H10Cl2O2/c1-5-3-4-8(2,7(10)11)12-6(5)9/h3-4H2,1-2H3/t8-/m1/s1. The Kier molecular flexibility index (Phi) is 2.69. The van der Waals surface area contributed by atoms with E-state index in [0.717, 1.165) is 12.0 Å². The lowest BCUT2D eigenvalue weighted by molar-refractivity contribution is -0.130. The topological polar surface area (TPSA) is 26.3 Å². The number of hydrogen-bond acceptors (Lipinski definition) is 2. The van der Waals surface area contributed by atoms with Gasteiger partial charge in [0.2, 0.25) is 0 Å². The lowest BCUT2D eigenvalue weighted by atomic mass is 9.96. The molecule has 1 rings (SSSR count). The molecule has 0 unspecified atom stereocenters. The molecule has 2 nitrogen and oxygen atoms in total. The first-order valence-corrected chi connectivity index (χ1v) is 4.45. The Labute approximate surface area is 81.5 Å². The number of halogens is 2. The third-order valence-electron chi connectivity index (χ3n) is 2.04. The van der Waals surface area contributed by atoms with Gasteiger partial charge in [-0.3, -0.25) is 4.79 Å². The maximum atomic E-state index is 10.9. The number of ether oxygens (including phenoxy) is 1. The first kappa shape index (κ1) is 9.87. The van der Waals surface area contributed by atoms with Crippen molar-refractivity contribution >= 4 is 28.4 Å². The molecule has 1 aliphatic rings. The van der Waals surface area contributed by atoms with Crippen LogP contribution in [0.15, 0.2) is 10.8 Å². The minimum atomic E-state index is -0.932. The molecule has 0 fully saturated rings. The largest absolute Gasteiger partial charge is 0.468 e. The molecule has 0 spiro atoms. The first-order valence-electron chi connectivity index (χ1n) is 3.70. The molecule has 0 radical (unpaired) electrons.